The third-order valence-electron chi connectivity index (χ3n) is 5.94. The number of aromatic nitrogens is 1. The monoisotopic (exact) mass is 385 g/mol. The maximum Gasteiger partial charge on any atom is 0.320 e. The Morgan fingerprint density at radius 3 is 2.64 bits per heavy atom. The van der Waals surface area contributed by atoms with Gasteiger partial charge < -0.3 is 25.6 Å². The number of nitrogens with two attached hydrogens (primary N) is 1. The van der Waals surface area contributed by atoms with Crippen molar-refractivity contribution in [2.45, 2.75) is 6.42 Å². The Balaban J connectivity index is 1.14. The SMILES string of the molecule is Nc1ccc(/C=C/C(=O)NCCC2[C@H]3CN(C(=O)N4CCOCC4)C[C@@H]23)cn1. The molecule has 0 bridgehead atoms. The van der Waals surface area contributed by atoms with E-state index < -0.39 is 0 Å². The number of hydrogen-bond acceptors (Lipinski definition) is 5. The van der Waals surface area contributed by atoms with Crippen LogP contribution in [0.1, 0.15) is 12.0 Å². The van der Waals surface area contributed by atoms with Crippen LogP contribution in [0, 0.1) is 17.8 Å². The number of carbonyl (C=O) groups excluding carboxylic acids is 2. The Labute approximate surface area is 164 Å². The average molecular weight is 385 g/mol. The lowest BCUT2D eigenvalue weighted by Gasteiger charge is -2.32. The fourth-order valence-corrected chi connectivity index (χ4v) is 4.30. The predicted octanol–water partition coefficient (Wildman–Crippen LogP) is 0.813. The first kappa shape index (κ1) is 18.7. The number of carbonyl (C=O) groups is 2. The molecule has 3 atom stereocenters. The summed E-state index contributed by atoms with van der Waals surface area (Å²) in [7, 11) is 0. The summed E-state index contributed by atoms with van der Waals surface area (Å²) >= 11 is 0. The van der Waals surface area contributed by atoms with Gasteiger partial charge >= 0.3 is 6.03 Å². The number of nitrogen functional groups attached to an aromatic ring is 1. The third-order valence-corrected chi connectivity index (χ3v) is 5.94. The normalized spacial score (nSPS) is 26.4. The van der Waals surface area contributed by atoms with Crippen molar-refractivity contribution in [2.75, 3.05) is 51.7 Å². The van der Waals surface area contributed by atoms with Gasteiger partial charge in [0.15, 0.2) is 0 Å². The first-order chi connectivity index (χ1) is 13.6. The van der Waals surface area contributed by atoms with Crippen LogP contribution < -0.4 is 11.1 Å². The Bertz CT molecular complexity index is 733. The van der Waals surface area contributed by atoms with Gasteiger partial charge in [-0.05, 0) is 47.9 Å². The van der Waals surface area contributed by atoms with E-state index in [2.05, 4.69) is 10.3 Å². The van der Waals surface area contributed by atoms with Gasteiger partial charge in [0.2, 0.25) is 5.91 Å². The van der Waals surface area contributed by atoms with Crippen LogP contribution in [-0.4, -0.2) is 72.7 Å². The molecule has 1 aliphatic carbocycles. The third kappa shape index (κ3) is 4.27. The molecule has 28 heavy (non-hydrogen) atoms. The highest BCUT2D eigenvalue weighted by molar-refractivity contribution is 5.91. The zero-order valence-corrected chi connectivity index (χ0v) is 15.9. The van der Waals surface area contributed by atoms with Gasteiger partial charge in [-0.2, -0.15) is 0 Å². The minimum absolute atomic E-state index is 0.105. The molecule has 1 aromatic heterocycles. The standard InChI is InChI=1S/C20H27N5O3/c21-18-3-1-14(11-23-18)2-4-19(26)22-6-5-15-16-12-25(13-17(15)16)20(27)24-7-9-28-10-8-24/h1-4,11,15-17H,5-10,12-13H2,(H2,21,23)(H,22,26)/b4-2+/t15?,16-,17+. The largest absolute Gasteiger partial charge is 0.384 e. The van der Waals surface area contributed by atoms with E-state index in [0.29, 0.717) is 56.4 Å². The van der Waals surface area contributed by atoms with Gasteiger partial charge in [0, 0.05) is 45.0 Å². The van der Waals surface area contributed by atoms with Gasteiger partial charge in [0.1, 0.15) is 5.82 Å². The number of urea groups is 1. The smallest absolute Gasteiger partial charge is 0.320 e. The van der Waals surface area contributed by atoms with Crippen LogP contribution >= 0.6 is 0 Å². The van der Waals surface area contributed by atoms with E-state index in [1.807, 2.05) is 15.9 Å². The molecule has 0 aromatic carbocycles. The van der Waals surface area contributed by atoms with Crippen molar-refractivity contribution in [1.29, 1.82) is 0 Å². The van der Waals surface area contributed by atoms with Crippen molar-refractivity contribution in [3.8, 4) is 0 Å². The minimum Gasteiger partial charge on any atom is -0.384 e. The second-order valence-electron chi connectivity index (χ2n) is 7.71. The van der Waals surface area contributed by atoms with Crippen molar-refractivity contribution in [1.82, 2.24) is 20.1 Å². The summed E-state index contributed by atoms with van der Waals surface area (Å²) in [6, 6.07) is 3.68. The lowest BCUT2D eigenvalue weighted by molar-refractivity contribution is -0.116. The Morgan fingerprint density at radius 2 is 1.96 bits per heavy atom. The van der Waals surface area contributed by atoms with Crippen LogP contribution in [0.25, 0.3) is 6.08 Å². The number of likely N-dealkylation sites (tertiary alicyclic amines) is 1. The van der Waals surface area contributed by atoms with E-state index in [1.165, 1.54) is 6.08 Å². The summed E-state index contributed by atoms with van der Waals surface area (Å²) in [5.74, 6) is 2.17. The number of morpholine rings is 1. The number of piperidine rings is 1. The number of amides is 3. The van der Waals surface area contributed by atoms with E-state index >= 15 is 0 Å². The topological polar surface area (TPSA) is 101 Å². The second kappa shape index (κ2) is 8.18. The van der Waals surface area contributed by atoms with Crippen molar-refractivity contribution >= 4 is 23.8 Å². The van der Waals surface area contributed by atoms with Crippen LogP contribution in [-0.2, 0) is 9.53 Å². The Morgan fingerprint density at radius 1 is 1.21 bits per heavy atom. The summed E-state index contributed by atoms with van der Waals surface area (Å²) in [4.78, 5) is 32.3. The van der Waals surface area contributed by atoms with Crippen LogP contribution in [0.5, 0.6) is 0 Å². The lowest BCUT2D eigenvalue weighted by Crippen LogP contribution is -2.48. The van der Waals surface area contributed by atoms with Crippen molar-refractivity contribution in [3.05, 3.63) is 30.0 Å². The molecule has 4 rings (SSSR count). The van der Waals surface area contributed by atoms with E-state index in [0.717, 1.165) is 25.1 Å². The molecule has 1 aromatic rings. The molecule has 2 aliphatic heterocycles. The first-order valence-corrected chi connectivity index (χ1v) is 9.91. The Kier molecular flexibility index (Phi) is 5.47. The number of hydrogen-bond donors (Lipinski definition) is 2. The fourth-order valence-electron chi connectivity index (χ4n) is 4.30. The molecule has 3 heterocycles. The number of pyridine rings is 1. The van der Waals surface area contributed by atoms with Crippen molar-refractivity contribution < 1.29 is 14.3 Å². The van der Waals surface area contributed by atoms with Crippen LogP contribution in [0.4, 0.5) is 10.6 Å². The lowest BCUT2D eigenvalue weighted by atomic mass is 10.2. The number of nitrogens with zero attached hydrogens (tertiary/aromatic N) is 3. The van der Waals surface area contributed by atoms with Gasteiger partial charge in [-0.3, -0.25) is 4.79 Å². The summed E-state index contributed by atoms with van der Waals surface area (Å²) in [5, 5.41) is 2.94. The number of rotatable bonds is 5. The summed E-state index contributed by atoms with van der Waals surface area (Å²) < 4.78 is 5.31. The maximum atomic E-state index is 12.5. The van der Waals surface area contributed by atoms with Gasteiger partial charge in [-0.1, -0.05) is 0 Å². The summed E-state index contributed by atoms with van der Waals surface area (Å²) in [5.41, 5.74) is 6.38. The van der Waals surface area contributed by atoms with E-state index in [1.54, 1.807) is 18.3 Å². The van der Waals surface area contributed by atoms with E-state index in [-0.39, 0.29) is 11.9 Å². The molecule has 3 fully saturated rings. The second-order valence-corrected chi connectivity index (χ2v) is 7.71. The summed E-state index contributed by atoms with van der Waals surface area (Å²) in [6.07, 6.45) is 5.85. The number of nitrogens with one attached hydrogen (secondary N) is 1. The molecule has 1 unspecified atom stereocenters. The molecule has 150 valence electrons. The van der Waals surface area contributed by atoms with Gasteiger partial charge in [0.05, 0.1) is 13.2 Å². The van der Waals surface area contributed by atoms with Crippen molar-refractivity contribution in [2.24, 2.45) is 17.8 Å². The summed E-state index contributed by atoms with van der Waals surface area (Å²) in [6.45, 7) is 5.03. The molecule has 3 amide bonds. The highest BCUT2D eigenvalue weighted by Gasteiger charge is 2.56. The van der Waals surface area contributed by atoms with E-state index in [9.17, 15) is 9.59 Å². The zero-order valence-electron chi connectivity index (χ0n) is 15.9. The van der Waals surface area contributed by atoms with Gasteiger partial charge in [-0.15, -0.1) is 0 Å². The highest BCUT2D eigenvalue weighted by atomic mass is 16.5. The molecule has 1 saturated carbocycles. The fraction of sp³-hybridized carbons (Fsp3) is 0.550. The molecule has 8 nitrogen and oxygen atoms in total. The maximum absolute atomic E-state index is 12.5. The number of ether oxygens (including phenoxy) is 1. The molecule has 8 heteroatoms. The predicted molar refractivity (Wildman–Crippen MR) is 105 cm³/mol. The zero-order chi connectivity index (χ0) is 19.5. The van der Waals surface area contributed by atoms with Gasteiger partial charge in [0.25, 0.3) is 0 Å². The molecule has 3 N–H and O–H groups in total. The Hall–Kier alpha value is -2.61. The minimum atomic E-state index is -0.105. The molecule has 0 spiro atoms. The average Bonchev–Trinajstić information content (AvgIpc) is 3.16. The van der Waals surface area contributed by atoms with Crippen LogP contribution in [0.2, 0.25) is 0 Å². The molecule has 0 radical (unpaired) electrons. The molecular formula is C20H27N5O3. The quantitative estimate of drug-likeness (QED) is 0.731. The number of anilines is 1. The molecule has 3 aliphatic rings. The van der Waals surface area contributed by atoms with Gasteiger partial charge in [-0.25, -0.2) is 9.78 Å². The number of fused-ring (bicyclic) bond motifs is 1. The first-order valence-electron chi connectivity index (χ1n) is 9.91. The van der Waals surface area contributed by atoms with Crippen LogP contribution in [0.15, 0.2) is 24.4 Å². The molecular weight excluding hydrogens is 358 g/mol. The van der Waals surface area contributed by atoms with Crippen LogP contribution in [0.3, 0.4) is 0 Å². The van der Waals surface area contributed by atoms with Crippen molar-refractivity contribution in [3.63, 3.8) is 0 Å². The molecule has 2 saturated heterocycles. The highest BCUT2D eigenvalue weighted by Crippen LogP contribution is 2.53. The van der Waals surface area contributed by atoms with E-state index in [4.69, 9.17) is 10.5 Å².